The third kappa shape index (κ3) is 3.80. The molecule has 0 unspecified atom stereocenters. The molecule has 0 aromatic heterocycles. The van der Waals surface area contributed by atoms with Gasteiger partial charge in [0.2, 0.25) is 5.91 Å². The van der Waals surface area contributed by atoms with Crippen molar-refractivity contribution in [3.63, 3.8) is 0 Å². The first-order valence-corrected chi connectivity index (χ1v) is 7.31. The summed E-state index contributed by atoms with van der Waals surface area (Å²) in [5.41, 5.74) is 2.21. The summed E-state index contributed by atoms with van der Waals surface area (Å²) in [7, 11) is 0. The highest BCUT2D eigenvalue weighted by Crippen LogP contribution is 2.18. The Morgan fingerprint density at radius 2 is 1.89 bits per heavy atom. The molecule has 2 rings (SSSR count). The summed E-state index contributed by atoms with van der Waals surface area (Å²) in [6, 6.07) is 8.69. The molecule has 0 atom stereocenters. The molecule has 1 N–H and O–H groups in total. The molecule has 0 heterocycles. The summed E-state index contributed by atoms with van der Waals surface area (Å²) in [6.45, 7) is 5.25. The van der Waals surface area contributed by atoms with Gasteiger partial charge < -0.3 is 10.2 Å². The second kappa shape index (κ2) is 6.71. The van der Waals surface area contributed by atoms with E-state index in [-0.39, 0.29) is 5.91 Å². The third-order valence-corrected chi connectivity index (χ3v) is 3.86. The maximum atomic E-state index is 12.3. The molecule has 3 nitrogen and oxygen atoms in total. The predicted molar refractivity (Wildman–Crippen MR) is 79.5 cm³/mol. The van der Waals surface area contributed by atoms with Crippen molar-refractivity contribution in [2.45, 2.75) is 45.6 Å². The number of amides is 1. The Balaban J connectivity index is 1.92. The van der Waals surface area contributed by atoms with Gasteiger partial charge in [0.15, 0.2) is 0 Å². The summed E-state index contributed by atoms with van der Waals surface area (Å²) in [4.78, 5) is 14.1. The van der Waals surface area contributed by atoms with E-state index in [0.29, 0.717) is 19.1 Å². The number of aryl methyl sites for hydroxylation is 1. The van der Waals surface area contributed by atoms with E-state index < -0.39 is 0 Å². The van der Waals surface area contributed by atoms with Gasteiger partial charge in [0, 0.05) is 18.3 Å². The second-order valence-corrected chi connectivity index (χ2v) is 5.34. The molecule has 104 valence electrons. The largest absolute Gasteiger partial charge is 0.312 e. The summed E-state index contributed by atoms with van der Waals surface area (Å²) in [5.74, 6) is 0.165. The first kappa shape index (κ1) is 14.1. The fraction of sp³-hybridized carbons (Fsp3) is 0.562. The normalized spacial score (nSPS) is 15.7. The van der Waals surface area contributed by atoms with Gasteiger partial charge in [-0.15, -0.1) is 0 Å². The molecule has 1 aliphatic carbocycles. The van der Waals surface area contributed by atoms with E-state index in [0.717, 1.165) is 5.69 Å². The van der Waals surface area contributed by atoms with E-state index in [2.05, 4.69) is 24.4 Å². The molecule has 1 aliphatic rings. The number of nitrogens with zero attached hydrogens (tertiary/aromatic N) is 1. The molecule has 1 aromatic carbocycles. The molecule has 0 spiro atoms. The fourth-order valence-electron chi connectivity index (χ4n) is 2.68. The molecule has 0 bridgehead atoms. The van der Waals surface area contributed by atoms with Crippen LogP contribution in [-0.4, -0.2) is 25.0 Å². The van der Waals surface area contributed by atoms with Gasteiger partial charge in [0.25, 0.3) is 0 Å². The molecule has 0 aliphatic heterocycles. The second-order valence-electron chi connectivity index (χ2n) is 5.34. The van der Waals surface area contributed by atoms with Crippen molar-refractivity contribution in [1.82, 2.24) is 5.32 Å². The number of rotatable bonds is 5. The van der Waals surface area contributed by atoms with E-state index >= 15 is 0 Å². The lowest BCUT2D eigenvalue weighted by Gasteiger charge is -2.22. The van der Waals surface area contributed by atoms with Crippen LogP contribution < -0.4 is 10.2 Å². The maximum absolute atomic E-state index is 12.3. The Hall–Kier alpha value is -1.35. The zero-order chi connectivity index (χ0) is 13.7. The molecule has 1 amide bonds. The maximum Gasteiger partial charge on any atom is 0.240 e. The van der Waals surface area contributed by atoms with Crippen molar-refractivity contribution >= 4 is 11.6 Å². The Morgan fingerprint density at radius 1 is 1.26 bits per heavy atom. The van der Waals surface area contributed by atoms with Gasteiger partial charge in [0.05, 0.1) is 6.54 Å². The smallest absolute Gasteiger partial charge is 0.240 e. The lowest BCUT2D eigenvalue weighted by atomic mass is 10.2. The molecular weight excluding hydrogens is 236 g/mol. The predicted octanol–water partition coefficient (Wildman–Crippen LogP) is 2.88. The summed E-state index contributed by atoms with van der Waals surface area (Å²) >= 11 is 0. The Morgan fingerprint density at radius 3 is 2.47 bits per heavy atom. The molecule has 3 heteroatoms. The summed E-state index contributed by atoms with van der Waals surface area (Å²) < 4.78 is 0. The SMILES string of the molecule is CCN(C(=O)CNC1CCCC1)c1ccc(C)cc1. The number of carbonyl (C=O) groups excluding carboxylic acids is 1. The van der Waals surface area contributed by atoms with Crippen LogP contribution in [0.5, 0.6) is 0 Å². The van der Waals surface area contributed by atoms with Crippen LogP contribution in [0.15, 0.2) is 24.3 Å². The molecule has 1 aromatic rings. The van der Waals surface area contributed by atoms with Crippen molar-refractivity contribution in [1.29, 1.82) is 0 Å². The zero-order valence-electron chi connectivity index (χ0n) is 12.0. The average Bonchev–Trinajstić information content (AvgIpc) is 2.92. The van der Waals surface area contributed by atoms with Gasteiger partial charge in [0.1, 0.15) is 0 Å². The molecular formula is C16H24N2O. The van der Waals surface area contributed by atoms with Gasteiger partial charge in [-0.2, -0.15) is 0 Å². The Kier molecular flexibility index (Phi) is 4.97. The van der Waals surface area contributed by atoms with Gasteiger partial charge >= 0.3 is 0 Å². The van der Waals surface area contributed by atoms with Crippen molar-refractivity contribution in [3.8, 4) is 0 Å². The number of hydrogen-bond acceptors (Lipinski definition) is 2. The third-order valence-electron chi connectivity index (χ3n) is 3.86. The molecule has 0 saturated heterocycles. The monoisotopic (exact) mass is 260 g/mol. The van der Waals surface area contributed by atoms with E-state index in [1.54, 1.807) is 0 Å². The van der Waals surface area contributed by atoms with Crippen LogP contribution in [0.4, 0.5) is 5.69 Å². The minimum atomic E-state index is 0.165. The minimum Gasteiger partial charge on any atom is -0.312 e. The van der Waals surface area contributed by atoms with E-state index in [9.17, 15) is 4.79 Å². The highest BCUT2D eigenvalue weighted by molar-refractivity contribution is 5.94. The molecule has 0 radical (unpaired) electrons. The first-order chi connectivity index (χ1) is 9.20. The topological polar surface area (TPSA) is 32.3 Å². The quantitative estimate of drug-likeness (QED) is 0.883. The highest BCUT2D eigenvalue weighted by atomic mass is 16.2. The summed E-state index contributed by atoms with van der Waals surface area (Å²) in [5, 5.41) is 3.39. The van der Waals surface area contributed by atoms with Crippen molar-refractivity contribution < 1.29 is 4.79 Å². The first-order valence-electron chi connectivity index (χ1n) is 7.31. The molecule has 1 saturated carbocycles. The number of carbonyl (C=O) groups is 1. The molecule has 1 fully saturated rings. The van der Waals surface area contributed by atoms with Gasteiger partial charge in [-0.1, -0.05) is 30.5 Å². The summed E-state index contributed by atoms with van der Waals surface area (Å²) in [6.07, 6.45) is 5.01. The lowest BCUT2D eigenvalue weighted by molar-refractivity contribution is -0.117. The van der Waals surface area contributed by atoms with Crippen molar-refractivity contribution in [2.75, 3.05) is 18.0 Å². The van der Waals surface area contributed by atoms with Crippen molar-refractivity contribution in [3.05, 3.63) is 29.8 Å². The van der Waals surface area contributed by atoms with Gasteiger partial charge in [-0.3, -0.25) is 4.79 Å². The van der Waals surface area contributed by atoms with Crippen LogP contribution in [-0.2, 0) is 4.79 Å². The van der Waals surface area contributed by atoms with Gasteiger partial charge in [-0.05, 0) is 38.8 Å². The minimum absolute atomic E-state index is 0.165. The highest BCUT2D eigenvalue weighted by Gasteiger charge is 2.18. The number of likely N-dealkylation sites (N-methyl/N-ethyl adjacent to an activating group) is 1. The van der Waals surface area contributed by atoms with Crippen molar-refractivity contribution in [2.24, 2.45) is 0 Å². The van der Waals surface area contributed by atoms with Crippen LogP contribution in [0.2, 0.25) is 0 Å². The van der Waals surface area contributed by atoms with E-state index in [1.165, 1.54) is 31.2 Å². The van der Waals surface area contributed by atoms with Crippen LogP contribution in [0.3, 0.4) is 0 Å². The zero-order valence-corrected chi connectivity index (χ0v) is 12.0. The van der Waals surface area contributed by atoms with Crippen LogP contribution >= 0.6 is 0 Å². The Bertz CT molecular complexity index is 407. The van der Waals surface area contributed by atoms with Crippen LogP contribution in [0.1, 0.15) is 38.2 Å². The Labute approximate surface area is 116 Å². The number of nitrogens with one attached hydrogen (secondary N) is 1. The number of hydrogen-bond donors (Lipinski definition) is 1. The fourth-order valence-corrected chi connectivity index (χ4v) is 2.68. The van der Waals surface area contributed by atoms with E-state index in [1.807, 2.05) is 24.0 Å². The average molecular weight is 260 g/mol. The van der Waals surface area contributed by atoms with Crippen LogP contribution in [0.25, 0.3) is 0 Å². The molecule has 19 heavy (non-hydrogen) atoms. The lowest BCUT2D eigenvalue weighted by Crippen LogP contribution is -2.41. The van der Waals surface area contributed by atoms with Crippen LogP contribution in [0, 0.1) is 6.92 Å². The number of benzene rings is 1. The number of anilines is 1. The standard InChI is InChI=1S/C16H24N2O/c1-3-18(15-10-8-13(2)9-11-15)16(19)12-17-14-6-4-5-7-14/h8-11,14,17H,3-7,12H2,1-2H3. The van der Waals surface area contributed by atoms with E-state index in [4.69, 9.17) is 0 Å². The van der Waals surface area contributed by atoms with Gasteiger partial charge in [-0.25, -0.2) is 0 Å².